The minimum Gasteiger partial charge on any atom is -0.862 e. The van der Waals surface area contributed by atoms with Crippen LogP contribution in [-0.2, 0) is 4.79 Å². The van der Waals surface area contributed by atoms with E-state index in [1.807, 2.05) is 12.2 Å². The molecule has 0 heterocycles. The Kier molecular flexibility index (Phi) is 14.4. The van der Waals surface area contributed by atoms with E-state index in [-0.39, 0.29) is 48.4 Å². The van der Waals surface area contributed by atoms with E-state index in [1.54, 1.807) is 0 Å². The molecule has 0 saturated heterocycles. The summed E-state index contributed by atoms with van der Waals surface area (Å²) in [6.07, 6.45) is 7.14. The molecule has 0 radical (unpaired) electrons. The van der Waals surface area contributed by atoms with Crippen molar-refractivity contribution in [2.75, 3.05) is 6.54 Å². The number of hydrogen-bond acceptors (Lipinski definition) is 3. The van der Waals surface area contributed by atoms with Crippen molar-refractivity contribution in [1.82, 2.24) is 0 Å². The average molecular weight is 235 g/mol. The van der Waals surface area contributed by atoms with Crippen molar-refractivity contribution in [3.63, 3.8) is 0 Å². The van der Waals surface area contributed by atoms with Crippen LogP contribution in [0.3, 0.4) is 0 Å². The van der Waals surface area contributed by atoms with Gasteiger partial charge in [0.1, 0.15) is 0 Å². The van der Waals surface area contributed by atoms with Crippen LogP contribution < -0.4 is 34.7 Å². The molecule has 0 aromatic rings. The predicted molar refractivity (Wildman–Crippen MR) is 57.8 cm³/mol. The topological polar surface area (TPSA) is 72.7 Å². The van der Waals surface area contributed by atoms with Crippen molar-refractivity contribution in [1.29, 1.82) is 0 Å². The van der Waals surface area contributed by atoms with Crippen molar-refractivity contribution in [3.8, 4) is 0 Å². The smallest absolute Gasteiger partial charge is 0.862 e. The van der Waals surface area contributed by atoms with Crippen LogP contribution in [0.2, 0.25) is 0 Å². The molecule has 5 heteroatoms. The van der Waals surface area contributed by atoms with Gasteiger partial charge in [-0.1, -0.05) is 25.5 Å². The molecule has 0 aliphatic carbocycles. The summed E-state index contributed by atoms with van der Waals surface area (Å²) in [6.45, 7) is 2.18. The van der Waals surface area contributed by atoms with Crippen LogP contribution in [0.4, 0.5) is 0 Å². The first-order chi connectivity index (χ1) is 7.16. The molecule has 0 aliphatic heterocycles. The largest absolute Gasteiger partial charge is 1.00 e. The Bertz CT molecular complexity index is 239. The molecule has 0 atom stereocenters. The zero-order valence-electron chi connectivity index (χ0n) is 10.1. The molecule has 0 aromatic heterocycles. The number of aliphatic carboxylic acids is 1. The quantitative estimate of drug-likeness (QED) is 0.237. The molecule has 0 unspecified atom stereocenters. The third-order valence-electron chi connectivity index (χ3n) is 1.76. The third kappa shape index (κ3) is 13.7. The second kappa shape index (κ2) is 12.7. The monoisotopic (exact) mass is 235 g/mol. The van der Waals surface area contributed by atoms with Gasteiger partial charge in [-0.05, 0) is 25.2 Å². The molecular formula is C11H18NNaO3. The van der Waals surface area contributed by atoms with E-state index in [1.165, 1.54) is 0 Å². The van der Waals surface area contributed by atoms with Gasteiger partial charge in [-0.25, -0.2) is 0 Å². The number of hydrogen-bond donors (Lipinski definition) is 1. The maximum Gasteiger partial charge on any atom is 1.00 e. The van der Waals surface area contributed by atoms with E-state index in [0.717, 1.165) is 12.8 Å². The number of unbranched alkanes of at least 4 members (excludes halogenated alkanes) is 1. The second-order valence-electron chi connectivity index (χ2n) is 3.22. The van der Waals surface area contributed by atoms with Gasteiger partial charge in [-0.2, -0.15) is 0 Å². The maximum absolute atomic E-state index is 11.1. The van der Waals surface area contributed by atoms with Crippen LogP contribution in [0.5, 0.6) is 0 Å². The summed E-state index contributed by atoms with van der Waals surface area (Å²) >= 11 is 0. The predicted octanol–water partition coefficient (Wildman–Crippen LogP) is -1.64. The van der Waals surface area contributed by atoms with Crippen molar-refractivity contribution in [2.24, 2.45) is 4.99 Å². The third-order valence-corrected chi connectivity index (χ3v) is 1.76. The van der Waals surface area contributed by atoms with Crippen molar-refractivity contribution >= 4 is 11.9 Å². The molecular weight excluding hydrogens is 217 g/mol. The average Bonchev–Trinajstić information content (AvgIpc) is 2.17. The molecule has 4 nitrogen and oxygen atoms in total. The Labute approximate surface area is 119 Å². The minimum atomic E-state index is -0.922. The van der Waals surface area contributed by atoms with E-state index in [4.69, 9.17) is 5.11 Å². The summed E-state index contributed by atoms with van der Waals surface area (Å²) in [5.74, 6) is -1.13. The minimum absolute atomic E-state index is 0. The zero-order chi connectivity index (χ0) is 11.5. The Morgan fingerprint density at radius 3 is 2.50 bits per heavy atom. The number of carboxylic acid groups (broad SMARTS) is 1. The molecule has 0 aliphatic rings. The summed E-state index contributed by atoms with van der Waals surface area (Å²) in [6, 6.07) is 0. The van der Waals surface area contributed by atoms with E-state index in [9.17, 15) is 9.90 Å². The first-order valence-electron chi connectivity index (χ1n) is 5.24. The molecule has 1 N–H and O–H groups in total. The second-order valence-corrected chi connectivity index (χ2v) is 3.22. The number of aliphatic imine (C=N–C) groups is 1. The molecule has 0 bridgehead atoms. The van der Waals surface area contributed by atoms with Crippen molar-refractivity contribution in [3.05, 3.63) is 12.2 Å². The standard InChI is InChI=1S/C11H19NO3.Na/c1-2-3-4-5-6-7-10(13)12-9-8-11(14)15;/h4-5H,2-3,6-9H2,1H3,(H,12,13)(H,14,15);/q;+1/p-1/b5-4+;. The number of nitrogens with zero attached hydrogens (tertiary/aromatic N) is 1. The van der Waals surface area contributed by atoms with Gasteiger partial charge in [0.05, 0.1) is 6.42 Å². The Morgan fingerprint density at radius 1 is 1.31 bits per heavy atom. The molecule has 0 amide bonds. The molecule has 0 fully saturated rings. The number of carbonyl (C=O) groups is 1. The van der Waals surface area contributed by atoms with Crippen molar-refractivity contribution < 1.29 is 44.6 Å². The van der Waals surface area contributed by atoms with Crippen LogP contribution in [0.15, 0.2) is 17.1 Å². The fraction of sp³-hybridized carbons (Fsp3) is 0.636. The van der Waals surface area contributed by atoms with Crippen molar-refractivity contribution in [2.45, 2.75) is 39.0 Å². The van der Waals surface area contributed by atoms with Gasteiger partial charge < -0.3 is 15.2 Å². The van der Waals surface area contributed by atoms with Gasteiger partial charge in [0.2, 0.25) is 0 Å². The zero-order valence-corrected chi connectivity index (χ0v) is 12.1. The van der Waals surface area contributed by atoms with Gasteiger partial charge >= 0.3 is 35.5 Å². The normalized spacial score (nSPS) is 11.4. The van der Waals surface area contributed by atoms with Gasteiger partial charge in [0.25, 0.3) is 0 Å². The van der Waals surface area contributed by atoms with Crippen LogP contribution >= 0.6 is 0 Å². The molecule has 0 aromatic carbocycles. The van der Waals surface area contributed by atoms with E-state index >= 15 is 0 Å². The summed E-state index contributed by atoms with van der Waals surface area (Å²) in [4.78, 5) is 13.8. The first-order valence-corrected chi connectivity index (χ1v) is 5.24. The summed E-state index contributed by atoms with van der Waals surface area (Å²) < 4.78 is 0. The van der Waals surface area contributed by atoms with Crippen LogP contribution in [-0.4, -0.2) is 23.5 Å². The molecule has 86 valence electrons. The molecule has 0 spiro atoms. The summed E-state index contributed by atoms with van der Waals surface area (Å²) in [5, 5.41) is 19.4. The van der Waals surface area contributed by atoms with Gasteiger partial charge in [0, 0.05) is 6.54 Å². The van der Waals surface area contributed by atoms with Crippen LogP contribution in [0, 0.1) is 0 Å². The van der Waals surface area contributed by atoms with Crippen LogP contribution in [0.1, 0.15) is 39.0 Å². The molecule has 16 heavy (non-hydrogen) atoms. The Hall–Kier alpha value is -0.320. The van der Waals surface area contributed by atoms with Gasteiger partial charge in [-0.15, -0.1) is 0 Å². The number of carboxylic acids is 1. The van der Waals surface area contributed by atoms with E-state index in [2.05, 4.69) is 11.9 Å². The summed E-state index contributed by atoms with van der Waals surface area (Å²) in [7, 11) is 0. The fourth-order valence-corrected chi connectivity index (χ4v) is 0.964. The van der Waals surface area contributed by atoms with E-state index < -0.39 is 5.97 Å². The number of rotatable bonds is 8. The Balaban J connectivity index is 0. The van der Waals surface area contributed by atoms with E-state index in [0.29, 0.717) is 12.8 Å². The van der Waals surface area contributed by atoms with Gasteiger partial charge in [-0.3, -0.25) is 4.79 Å². The summed E-state index contributed by atoms with van der Waals surface area (Å²) in [5.41, 5.74) is 0. The van der Waals surface area contributed by atoms with Gasteiger partial charge in [0.15, 0.2) is 0 Å². The maximum atomic E-state index is 11.1. The number of allylic oxidation sites excluding steroid dienone is 2. The Morgan fingerprint density at radius 2 is 1.94 bits per heavy atom. The van der Waals surface area contributed by atoms with Crippen LogP contribution in [0.25, 0.3) is 0 Å². The first kappa shape index (κ1) is 18.1. The fourth-order valence-electron chi connectivity index (χ4n) is 0.964. The SMILES string of the molecule is CCC/C=C/CCC([O-])=NCCC(=O)O.[Na+]. The molecule has 0 saturated carbocycles. The molecule has 0 rings (SSSR count).